The van der Waals surface area contributed by atoms with Crippen LogP contribution in [0, 0.1) is 0 Å². The van der Waals surface area contributed by atoms with Gasteiger partial charge in [-0.2, -0.15) is 0 Å². The van der Waals surface area contributed by atoms with Crippen LogP contribution in [0.5, 0.6) is 0 Å². The van der Waals surface area contributed by atoms with Crippen LogP contribution in [0.3, 0.4) is 0 Å². The van der Waals surface area contributed by atoms with Gasteiger partial charge in [-0.3, -0.25) is 0 Å². The first-order valence-corrected chi connectivity index (χ1v) is 4.56. The van der Waals surface area contributed by atoms with Crippen molar-refractivity contribution in [2.24, 2.45) is 0 Å². The van der Waals surface area contributed by atoms with Gasteiger partial charge in [-0.1, -0.05) is 24.3 Å². The van der Waals surface area contributed by atoms with Crippen molar-refractivity contribution in [1.82, 2.24) is 4.90 Å². The molecule has 0 fully saturated rings. The van der Waals surface area contributed by atoms with E-state index in [2.05, 4.69) is 31.1 Å². The number of hydrogen-bond acceptors (Lipinski definition) is 2. The molecule has 0 unspecified atom stereocenters. The van der Waals surface area contributed by atoms with E-state index < -0.39 is 0 Å². The Kier molecular flexibility index (Phi) is 3.93. The SMILES string of the molecule is CN(C)CCc1ccc(CO)cc1. The van der Waals surface area contributed by atoms with Gasteiger partial charge in [0.15, 0.2) is 0 Å². The van der Waals surface area contributed by atoms with Gasteiger partial charge < -0.3 is 10.0 Å². The van der Waals surface area contributed by atoms with E-state index in [1.54, 1.807) is 0 Å². The Bertz CT molecular complexity index is 241. The molecule has 0 aliphatic rings. The predicted molar refractivity (Wildman–Crippen MR) is 54.6 cm³/mol. The number of benzene rings is 1. The summed E-state index contributed by atoms with van der Waals surface area (Å²) in [6.45, 7) is 1.20. The van der Waals surface area contributed by atoms with Gasteiger partial charge in [-0.15, -0.1) is 0 Å². The molecular formula is C11H17NO. The molecule has 1 aromatic rings. The lowest BCUT2D eigenvalue weighted by Gasteiger charge is -2.09. The van der Waals surface area contributed by atoms with Crippen molar-refractivity contribution in [2.75, 3.05) is 20.6 Å². The van der Waals surface area contributed by atoms with Crippen molar-refractivity contribution in [3.05, 3.63) is 35.4 Å². The number of aliphatic hydroxyl groups excluding tert-OH is 1. The maximum Gasteiger partial charge on any atom is 0.0681 e. The second-order valence-corrected chi connectivity index (χ2v) is 3.53. The molecule has 0 spiro atoms. The van der Waals surface area contributed by atoms with Gasteiger partial charge in [0, 0.05) is 6.54 Å². The Morgan fingerprint density at radius 2 is 1.62 bits per heavy atom. The minimum absolute atomic E-state index is 0.133. The molecule has 13 heavy (non-hydrogen) atoms. The largest absolute Gasteiger partial charge is 0.392 e. The third-order valence-electron chi connectivity index (χ3n) is 2.05. The number of nitrogens with zero attached hydrogens (tertiary/aromatic N) is 1. The molecule has 1 N–H and O–H groups in total. The molecule has 2 heteroatoms. The van der Waals surface area contributed by atoms with Gasteiger partial charge in [0.1, 0.15) is 0 Å². The number of likely N-dealkylation sites (N-methyl/N-ethyl adjacent to an activating group) is 1. The first kappa shape index (κ1) is 10.2. The molecular weight excluding hydrogens is 162 g/mol. The third-order valence-corrected chi connectivity index (χ3v) is 2.05. The number of rotatable bonds is 4. The van der Waals surface area contributed by atoms with Crippen LogP contribution < -0.4 is 0 Å². The maximum absolute atomic E-state index is 8.84. The summed E-state index contributed by atoms with van der Waals surface area (Å²) in [5, 5.41) is 8.84. The van der Waals surface area contributed by atoms with Crippen LogP contribution in [0.25, 0.3) is 0 Å². The molecule has 1 aromatic carbocycles. The van der Waals surface area contributed by atoms with Crippen LogP contribution in [0.15, 0.2) is 24.3 Å². The Morgan fingerprint density at radius 1 is 1.08 bits per heavy atom. The number of hydrogen-bond donors (Lipinski definition) is 1. The Morgan fingerprint density at radius 3 is 2.08 bits per heavy atom. The van der Waals surface area contributed by atoms with E-state index >= 15 is 0 Å². The molecule has 0 amide bonds. The summed E-state index contributed by atoms with van der Waals surface area (Å²) in [4.78, 5) is 2.17. The molecule has 0 radical (unpaired) electrons. The summed E-state index contributed by atoms with van der Waals surface area (Å²) in [6, 6.07) is 8.11. The minimum atomic E-state index is 0.133. The lowest BCUT2D eigenvalue weighted by molar-refractivity contribution is 0.282. The van der Waals surface area contributed by atoms with Crippen LogP contribution in [0.4, 0.5) is 0 Å². The molecule has 0 bridgehead atoms. The van der Waals surface area contributed by atoms with E-state index in [9.17, 15) is 0 Å². The lowest BCUT2D eigenvalue weighted by Crippen LogP contribution is -2.14. The molecule has 0 saturated heterocycles. The van der Waals surface area contributed by atoms with Crippen LogP contribution >= 0.6 is 0 Å². The molecule has 1 rings (SSSR count). The fourth-order valence-corrected chi connectivity index (χ4v) is 1.16. The van der Waals surface area contributed by atoms with Crippen molar-refractivity contribution in [3.8, 4) is 0 Å². The molecule has 72 valence electrons. The Balaban J connectivity index is 2.49. The van der Waals surface area contributed by atoms with Gasteiger partial charge in [0.25, 0.3) is 0 Å². The quantitative estimate of drug-likeness (QED) is 0.752. The topological polar surface area (TPSA) is 23.5 Å². The predicted octanol–water partition coefficient (Wildman–Crippen LogP) is 1.28. The zero-order valence-corrected chi connectivity index (χ0v) is 8.33. The summed E-state index contributed by atoms with van der Waals surface area (Å²) >= 11 is 0. The fourth-order valence-electron chi connectivity index (χ4n) is 1.16. The second kappa shape index (κ2) is 5.00. The average molecular weight is 179 g/mol. The van der Waals surface area contributed by atoms with E-state index in [0.29, 0.717) is 0 Å². The lowest BCUT2D eigenvalue weighted by atomic mass is 10.1. The van der Waals surface area contributed by atoms with E-state index in [-0.39, 0.29) is 6.61 Å². The van der Waals surface area contributed by atoms with Crippen LogP contribution in [0.1, 0.15) is 11.1 Å². The first-order valence-electron chi connectivity index (χ1n) is 4.56. The van der Waals surface area contributed by atoms with Crippen molar-refractivity contribution >= 4 is 0 Å². The molecule has 0 aromatic heterocycles. The highest BCUT2D eigenvalue weighted by Gasteiger charge is 1.95. The standard InChI is InChI=1S/C11H17NO/c1-12(2)8-7-10-3-5-11(9-13)6-4-10/h3-6,13H,7-9H2,1-2H3. The van der Waals surface area contributed by atoms with E-state index in [1.807, 2.05) is 12.1 Å². The van der Waals surface area contributed by atoms with Crippen molar-refractivity contribution in [2.45, 2.75) is 13.0 Å². The van der Waals surface area contributed by atoms with E-state index in [0.717, 1.165) is 18.5 Å². The highest BCUT2D eigenvalue weighted by atomic mass is 16.3. The van der Waals surface area contributed by atoms with Gasteiger partial charge in [-0.25, -0.2) is 0 Å². The first-order chi connectivity index (χ1) is 6.22. The molecule has 0 saturated carbocycles. The Hall–Kier alpha value is -0.860. The highest BCUT2D eigenvalue weighted by Crippen LogP contribution is 2.05. The molecule has 0 atom stereocenters. The van der Waals surface area contributed by atoms with Crippen LogP contribution in [0.2, 0.25) is 0 Å². The highest BCUT2D eigenvalue weighted by molar-refractivity contribution is 5.22. The van der Waals surface area contributed by atoms with Crippen molar-refractivity contribution in [1.29, 1.82) is 0 Å². The summed E-state index contributed by atoms with van der Waals surface area (Å²) in [7, 11) is 4.14. The van der Waals surface area contributed by atoms with Gasteiger partial charge in [0.2, 0.25) is 0 Å². The van der Waals surface area contributed by atoms with Crippen molar-refractivity contribution in [3.63, 3.8) is 0 Å². The van der Waals surface area contributed by atoms with E-state index in [4.69, 9.17) is 5.11 Å². The average Bonchev–Trinajstić information content (AvgIpc) is 2.15. The molecule has 0 aliphatic heterocycles. The summed E-state index contributed by atoms with van der Waals surface area (Å²) < 4.78 is 0. The molecule has 0 aliphatic carbocycles. The van der Waals surface area contributed by atoms with Gasteiger partial charge in [0.05, 0.1) is 6.61 Å². The third kappa shape index (κ3) is 3.57. The summed E-state index contributed by atoms with van der Waals surface area (Å²) in [6.07, 6.45) is 1.07. The van der Waals surface area contributed by atoms with Crippen LogP contribution in [-0.4, -0.2) is 30.6 Å². The smallest absolute Gasteiger partial charge is 0.0681 e. The van der Waals surface area contributed by atoms with E-state index in [1.165, 1.54) is 5.56 Å². The monoisotopic (exact) mass is 179 g/mol. The zero-order chi connectivity index (χ0) is 9.68. The minimum Gasteiger partial charge on any atom is -0.392 e. The zero-order valence-electron chi connectivity index (χ0n) is 8.33. The van der Waals surface area contributed by atoms with Crippen LogP contribution in [-0.2, 0) is 13.0 Å². The Labute approximate surface area is 79.8 Å². The van der Waals surface area contributed by atoms with Gasteiger partial charge >= 0.3 is 0 Å². The van der Waals surface area contributed by atoms with Crippen molar-refractivity contribution < 1.29 is 5.11 Å². The van der Waals surface area contributed by atoms with Gasteiger partial charge in [-0.05, 0) is 31.6 Å². The maximum atomic E-state index is 8.84. The summed E-state index contributed by atoms with van der Waals surface area (Å²) in [5.41, 5.74) is 2.31. The normalized spacial score (nSPS) is 10.8. The molecule has 0 heterocycles. The number of aliphatic hydroxyl groups is 1. The second-order valence-electron chi connectivity index (χ2n) is 3.53. The molecule has 2 nitrogen and oxygen atoms in total. The fraction of sp³-hybridized carbons (Fsp3) is 0.455. The summed E-state index contributed by atoms with van der Waals surface area (Å²) in [5.74, 6) is 0.